The van der Waals surface area contributed by atoms with Crippen molar-refractivity contribution in [3.63, 3.8) is 0 Å². The second-order valence-electron chi connectivity index (χ2n) is 6.21. The van der Waals surface area contributed by atoms with Crippen molar-refractivity contribution in [2.24, 2.45) is 5.10 Å². The molecule has 0 aliphatic carbocycles. The van der Waals surface area contributed by atoms with E-state index < -0.39 is 0 Å². The maximum atomic E-state index is 12.5. The maximum Gasteiger partial charge on any atom is 0.268 e. The molecule has 2 heterocycles. The van der Waals surface area contributed by atoms with E-state index in [1.54, 1.807) is 12.4 Å². The molecule has 7 nitrogen and oxygen atoms in total. The number of aryl methyl sites for hydroxylation is 2. The average Bonchev–Trinajstić information content (AvgIpc) is 3.12. The van der Waals surface area contributed by atoms with E-state index in [0.717, 1.165) is 11.1 Å². The highest BCUT2D eigenvalue weighted by Gasteiger charge is 2.27. The summed E-state index contributed by atoms with van der Waals surface area (Å²) in [4.78, 5) is 31.9. The first kappa shape index (κ1) is 16.9. The second-order valence-corrected chi connectivity index (χ2v) is 6.21. The lowest BCUT2D eigenvalue weighted by molar-refractivity contribution is -0.119. The van der Waals surface area contributed by atoms with Gasteiger partial charge in [-0.2, -0.15) is 5.10 Å². The van der Waals surface area contributed by atoms with Gasteiger partial charge in [0.15, 0.2) is 0 Å². The second kappa shape index (κ2) is 6.88. The molecule has 1 aliphatic heterocycles. The Morgan fingerprint density at radius 3 is 2.84 bits per heavy atom. The van der Waals surface area contributed by atoms with E-state index in [-0.39, 0.29) is 24.3 Å². The fourth-order valence-corrected chi connectivity index (χ4v) is 2.72. The highest BCUT2D eigenvalue weighted by molar-refractivity contribution is 6.40. The van der Waals surface area contributed by atoms with Gasteiger partial charge in [-0.1, -0.05) is 12.1 Å². The van der Waals surface area contributed by atoms with Crippen LogP contribution < -0.4 is 10.3 Å². The Bertz CT molecular complexity index is 826. The van der Waals surface area contributed by atoms with Crippen LogP contribution in [0.15, 0.2) is 35.7 Å². The van der Waals surface area contributed by atoms with Crippen LogP contribution in [0.25, 0.3) is 0 Å². The van der Waals surface area contributed by atoms with Crippen LogP contribution in [0.1, 0.15) is 42.8 Å². The fraction of sp³-hybridized carbons (Fsp3) is 0.333. The summed E-state index contributed by atoms with van der Waals surface area (Å²) in [7, 11) is 0. The smallest absolute Gasteiger partial charge is 0.268 e. The zero-order valence-corrected chi connectivity index (χ0v) is 14.5. The third kappa shape index (κ3) is 3.60. The summed E-state index contributed by atoms with van der Waals surface area (Å²) in [5.41, 5.74) is 3.04. The number of nitrogens with one attached hydrogen (secondary N) is 2. The lowest BCUT2D eigenvalue weighted by Crippen LogP contribution is -2.40. The summed E-state index contributed by atoms with van der Waals surface area (Å²) in [5, 5.41) is 8.54. The molecule has 0 saturated carbocycles. The third-order valence-corrected chi connectivity index (χ3v) is 4.16. The number of hydrogen-bond acceptors (Lipinski definition) is 4. The van der Waals surface area contributed by atoms with Gasteiger partial charge in [0.25, 0.3) is 5.91 Å². The van der Waals surface area contributed by atoms with Gasteiger partial charge in [0.05, 0.1) is 11.7 Å². The Hall–Kier alpha value is -2.96. The van der Waals surface area contributed by atoms with Gasteiger partial charge < -0.3 is 10.3 Å². The number of hydrazone groups is 1. The van der Waals surface area contributed by atoms with Crippen LogP contribution in [0.3, 0.4) is 0 Å². The van der Waals surface area contributed by atoms with Gasteiger partial charge in [0.2, 0.25) is 5.91 Å². The summed E-state index contributed by atoms with van der Waals surface area (Å²) >= 11 is 0. The maximum absolute atomic E-state index is 12.5. The number of rotatable bonds is 4. The molecule has 1 aliphatic rings. The van der Waals surface area contributed by atoms with Crippen LogP contribution >= 0.6 is 0 Å². The number of aromatic amines is 1. The molecule has 0 bridgehead atoms. The number of anilines is 1. The molecule has 2 amide bonds. The van der Waals surface area contributed by atoms with E-state index in [2.05, 4.69) is 20.4 Å². The van der Waals surface area contributed by atoms with Gasteiger partial charge in [-0.15, -0.1) is 0 Å². The molecule has 2 aromatic rings. The largest absolute Gasteiger partial charge is 0.347 e. The Labute approximate surface area is 146 Å². The van der Waals surface area contributed by atoms with Crippen LogP contribution in [-0.4, -0.2) is 27.5 Å². The first-order valence-corrected chi connectivity index (χ1v) is 8.23. The molecule has 3 rings (SSSR count). The number of hydrogen-bond donors (Lipinski definition) is 2. The average molecular weight is 339 g/mol. The predicted molar refractivity (Wildman–Crippen MR) is 95.2 cm³/mol. The number of nitrogens with zero attached hydrogens (tertiary/aromatic N) is 3. The summed E-state index contributed by atoms with van der Waals surface area (Å²) in [6, 6.07) is 5.57. The first-order chi connectivity index (χ1) is 12.0. The zero-order chi connectivity index (χ0) is 18.0. The number of carbonyl (C=O) groups is 2. The van der Waals surface area contributed by atoms with Crippen molar-refractivity contribution in [1.82, 2.24) is 15.3 Å². The van der Waals surface area contributed by atoms with E-state index in [9.17, 15) is 9.59 Å². The van der Waals surface area contributed by atoms with E-state index in [1.807, 2.05) is 39.0 Å². The third-order valence-electron chi connectivity index (χ3n) is 4.16. The lowest BCUT2D eigenvalue weighted by Gasteiger charge is -2.25. The van der Waals surface area contributed by atoms with Gasteiger partial charge in [0, 0.05) is 25.2 Å². The molecule has 1 atom stereocenters. The summed E-state index contributed by atoms with van der Waals surface area (Å²) in [6.45, 7) is 5.72. The zero-order valence-electron chi connectivity index (χ0n) is 14.5. The molecule has 1 aromatic heterocycles. The highest BCUT2D eigenvalue weighted by atomic mass is 16.2. The molecule has 1 aromatic carbocycles. The topological polar surface area (TPSA) is 90.4 Å². The first-order valence-electron chi connectivity index (χ1n) is 8.23. The van der Waals surface area contributed by atoms with E-state index in [4.69, 9.17) is 0 Å². The molecule has 0 spiro atoms. The molecule has 2 N–H and O–H groups in total. The number of imidazole rings is 1. The van der Waals surface area contributed by atoms with Gasteiger partial charge >= 0.3 is 0 Å². The van der Waals surface area contributed by atoms with Gasteiger partial charge in [-0.3, -0.25) is 9.59 Å². The van der Waals surface area contributed by atoms with Crippen molar-refractivity contribution >= 4 is 23.2 Å². The van der Waals surface area contributed by atoms with Crippen molar-refractivity contribution in [1.29, 1.82) is 0 Å². The van der Waals surface area contributed by atoms with Crippen LogP contribution in [-0.2, 0) is 9.59 Å². The quantitative estimate of drug-likeness (QED) is 0.896. The minimum atomic E-state index is -0.285. The molecule has 7 heteroatoms. The predicted octanol–water partition coefficient (Wildman–Crippen LogP) is 2.39. The minimum absolute atomic E-state index is 0.107. The summed E-state index contributed by atoms with van der Waals surface area (Å²) in [6.07, 6.45) is 3.93. The number of benzene rings is 1. The molecule has 0 radical (unpaired) electrons. The number of H-pyrrole nitrogens is 1. The van der Waals surface area contributed by atoms with E-state index in [1.165, 1.54) is 5.01 Å². The Morgan fingerprint density at radius 2 is 2.12 bits per heavy atom. The molecule has 0 fully saturated rings. The van der Waals surface area contributed by atoms with Crippen LogP contribution in [0.2, 0.25) is 0 Å². The van der Waals surface area contributed by atoms with Crippen molar-refractivity contribution in [3.05, 3.63) is 47.5 Å². The van der Waals surface area contributed by atoms with Gasteiger partial charge in [-0.25, -0.2) is 9.99 Å². The number of aromatic nitrogens is 2. The Morgan fingerprint density at radius 1 is 1.32 bits per heavy atom. The van der Waals surface area contributed by atoms with E-state index in [0.29, 0.717) is 23.6 Å². The molecule has 25 heavy (non-hydrogen) atoms. The molecule has 0 unspecified atom stereocenters. The van der Waals surface area contributed by atoms with E-state index >= 15 is 0 Å². The van der Waals surface area contributed by atoms with Crippen molar-refractivity contribution in [2.45, 2.75) is 39.7 Å². The van der Waals surface area contributed by atoms with Crippen molar-refractivity contribution in [3.8, 4) is 0 Å². The monoisotopic (exact) mass is 339 g/mol. The number of amides is 2. The van der Waals surface area contributed by atoms with Crippen LogP contribution in [0.5, 0.6) is 0 Å². The molecule has 130 valence electrons. The normalized spacial score (nSPS) is 15.7. The van der Waals surface area contributed by atoms with Crippen molar-refractivity contribution in [2.75, 3.05) is 5.01 Å². The number of carbonyl (C=O) groups excluding carboxylic acids is 2. The molecular weight excluding hydrogens is 318 g/mol. The molecular formula is C18H21N5O2. The Kier molecular flexibility index (Phi) is 4.65. The summed E-state index contributed by atoms with van der Waals surface area (Å²) < 4.78 is 0. The Balaban J connectivity index is 1.83. The lowest BCUT2D eigenvalue weighted by atomic mass is 10.1. The molecule has 0 saturated heterocycles. The van der Waals surface area contributed by atoms with Crippen LogP contribution in [0.4, 0.5) is 5.69 Å². The SMILES string of the molecule is Cc1ccc(C)c(N2N=C(C(=O)N[C@H](C)c3ncc[nH]3)CCC2=O)c1. The minimum Gasteiger partial charge on any atom is -0.347 e. The van der Waals surface area contributed by atoms with Gasteiger partial charge in [0.1, 0.15) is 11.5 Å². The fourth-order valence-electron chi connectivity index (χ4n) is 2.72. The van der Waals surface area contributed by atoms with Gasteiger partial charge in [-0.05, 0) is 38.0 Å². The highest BCUT2D eigenvalue weighted by Crippen LogP contribution is 2.25. The summed E-state index contributed by atoms with van der Waals surface area (Å²) in [5.74, 6) is 0.281. The standard InChI is InChI=1S/C18H21N5O2/c1-11-4-5-12(2)15(10-11)23-16(24)7-6-14(22-23)18(25)21-13(3)17-19-8-9-20-17/h4-5,8-10,13H,6-7H2,1-3H3,(H,19,20)(H,21,25)/t13-/m1/s1. The van der Waals surface area contributed by atoms with Crippen molar-refractivity contribution < 1.29 is 9.59 Å². The van der Waals surface area contributed by atoms with Crippen LogP contribution in [0, 0.1) is 13.8 Å².